The Hall–Kier alpha value is -3.95. The third kappa shape index (κ3) is 23.2. The molecule has 0 radical (unpaired) electrons. The molecule has 0 saturated carbocycles. The highest BCUT2D eigenvalue weighted by Crippen LogP contribution is 2.36. The zero-order valence-corrected chi connectivity index (χ0v) is 40.5. The SMILES string of the molecule is CCCCCCCCCCCCCCCCOC[C@H](CO[C@@H]1O[C@H](COC(C)=O)[C@@H](O[C@@H]2O[C@H](COC(C)=O)[C@H](OC(C)=O)[C@H](OC(C)=O)[C@H]2OC(C)=O)[C@H](OC(C)=O)[C@H]1OC(C)=O)OC. The first kappa shape index (κ1) is 58.2. The molecule has 2 heterocycles. The Morgan fingerprint density at radius 1 is 0.439 bits per heavy atom. The second-order valence-electron chi connectivity index (χ2n) is 16.5. The van der Waals surface area contributed by atoms with Crippen molar-refractivity contribution in [1.82, 2.24) is 0 Å². The number of hydrogen-bond donors (Lipinski definition) is 0. The average molecular weight is 949 g/mol. The first-order valence-corrected chi connectivity index (χ1v) is 23.3. The topological polar surface area (TPSA) is 239 Å². The monoisotopic (exact) mass is 948 g/mol. The fraction of sp³-hybridized carbons (Fsp3) is 0.848. The van der Waals surface area contributed by atoms with Crippen molar-refractivity contribution in [2.75, 3.05) is 40.1 Å². The van der Waals surface area contributed by atoms with Crippen LogP contribution in [-0.2, 0) is 95.1 Å². The lowest BCUT2D eigenvalue weighted by Crippen LogP contribution is -2.67. The van der Waals surface area contributed by atoms with Crippen LogP contribution in [0.1, 0.15) is 145 Å². The predicted octanol–water partition coefficient (Wildman–Crippen LogP) is 5.14. The molecule has 2 fully saturated rings. The van der Waals surface area contributed by atoms with Crippen LogP contribution >= 0.6 is 0 Å². The van der Waals surface area contributed by atoms with Crippen LogP contribution in [0, 0.1) is 0 Å². The molecule has 0 N–H and O–H groups in total. The molecule has 380 valence electrons. The summed E-state index contributed by atoms with van der Waals surface area (Å²) in [5.41, 5.74) is 0. The van der Waals surface area contributed by atoms with Crippen molar-refractivity contribution >= 4 is 41.8 Å². The Morgan fingerprint density at radius 2 is 0.818 bits per heavy atom. The highest BCUT2D eigenvalue weighted by Gasteiger charge is 2.57. The van der Waals surface area contributed by atoms with Crippen LogP contribution in [0.25, 0.3) is 0 Å². The molecule has 11 atom stereocenters. The molecule has 0 aliphatic carbocycles. The lowest BCUT2D eigenvalue weighted by atomic mass is 9.96. The van der Waals surface area contributed by atoms with E-state index < -0.39 is 123 Å². The van der Waals surface area contributed by atoms with Gasteiger partial charge in [0.05, 0.1) is 13.2 Å². The molecule has 0 aromatic heterocycles. The first-order valence-electron chi connectivity index (χ1n) is 23.3. The summed E-state index contributed by atoms with van der Waals surface area (Å²) in [4.78, 5) is 86.7. The zero-order valence-electron chi connectivity index (χ0n) is 40.5. The third-order valence-corrected chi connectivity index (χ3v) is 10.6. The van der Waals surface area contributed by atoms with E-state index in [4.69, 9.17) is 61.6 Å². The molecule has 0 unspecified atom stereocenters. The van der Waals surface area contributed by atoms with E-state index in [1.807, 2.05) is 0 Å². The van der Waals surface area contributed by atoms with Gasteiger partial charge in [0, 0.05) is 62.2 Å². The number of carbonyl (C=O) groups excluding carboxylic acids is 7. The second-order valence-corrected chi connectivity index (χ2v) is 16.5. The van der Waals surface area contributed by atoms with Crippen LogP contribution in [0.2, 0.25) is 0 Å². The summed E-state index contributed by atoms with van der Waals surface area (Å²) < 4.78 is 74.8. The molecule has 0 spiro atoms. The van der Waals surface area contributed by atoms with E-state index in [1.54, 1.807) is 0 Å². The molecule has 0 bridgehead atoms. The van der Waals surface area contributed by atoms with Gasteiger partial charge in [-0.2, -0.15) is 0 Å². The van der Waals surface area contributed by atoms with Crippen molar-refractivity contribution in [2.24, 2.45) is 0 Å². The minimum Gasteiger partial charge on any atom is -0.463 e. The fourth-order valence-electron chi connectivity index (χ4n) is 7.61. The van der Waals surface area contributed by atoms with Crippen molar-refractivity contribution in [1.29, 1.82) is 0 Å². The lowest BCUT2D eigenvalue weighted by molar-refractivity contribution is -0.362. The van der Waals surface area contributed by atoms with Gasteiger partial charge in [-0.1, -0.05) is 90.4 Å². The van der Waals surface area contributed by atoms with Gasteiger partial charge in [0.15, 0.2) is 43.1 Å². The Bertz CT molecular complexity index is 1470. The van der Waals surface area contributed by atoms with Gasteiger partial charge in [0.2, 0.25) is 0 Å². The number of hydrogen-bond acceptors (Lipinski definition) is 20. The molecule has 0 aromatic rings. The van der Waals surface area contributed by atoms with Gasteiger partial charge in [-0.05, 0) is 6.42 Å². The van der Waals surface area contributed by atoms with E-state index in [0.717, 1.165) is 67.7 Å². The van der Waals surface area contributed by atoms with Crippen molar-refractivity contribution in [3.05, 3.63) is 0 Å². The van der Waals surface area contributed by atoms with Crippen LogP contribution in [-0.4, -0.2) is 149 Å². The lowest BCUT2D eigenvalue weighted by Gasteiger charge is -2.48. The van der Waals surface area contributed by atoms with Gasteiger partial charge >= 0.3 is 41.8 Å². The predicted molar refractivity (Wildman–Crippen MR) is 231 cm³/mol. The molecule has 2 aliphatic heterocycles. The van der Waals surface area contributed by atoms with E-state index in [0.29, 0.717) is 6.61 Å². The number of ether oxygens (including phenoxy) is 13. The molecule has 2 saturated heterocycles. The average Bonchev–Trinajstić information content (AvgIpc) is 3.23. The van der Waals surface area contributed by atoms with Crippen molar-refractivity contribution in [3.63, 3.8) is 0 Å². The fourth-order valence-corrected chi connectivity index (χ4v) is 7.61. The number of rotatable bonds is 32. The Balaban J connectivity index is 2.26. The summed E-state index contributed by atoms with van der Waals surface area (Å²) in [5.74, 6) is -5.84. The number of carbonyl (C=O) groups is 7. The summed E-state index contributed by atoms with van der Waals surface area (Å²) in [6.45, 7) is 9.21. The molecule has 0 amide bonds. The van der Waals surface area contributed by atoms with E-state index in [-0.39, 0.29) is 13.2 Å². The van der Waals surface area contributed by atoms with Crippen molar-refractivity contribution < 1.29 is 95.1 Å². The Labute approximate surface area is 389 Å². The summed E-state index contributed by atoms with van der Waals surface area (Å²) in [5, 5.41) is 0. The van der Waals surface area contributed by atoms with Crippen LogP contribution < -0.4 is 0 Å². The molecule has 2 rings (SSSR count). The molecule has 0 aromatic carbocycles. The van der Waals surface area contributed by atoms with E-state index in [2.05, 4.69) is 6.92 Å². The maximum absolute atomic E-state index is 12.8. The normalized spacial score (nSPS) is 25.5. The van der Waals surface area contributed by atoms with Gasteiger partial charge in [-0.25, -0.2) is 0 Å². The van der Waals surface area contributed by atoms with Gasteiger partial charge in [0.1, 0.15) is 37.6 Å². The molecule has 20 heteroatoms. The van der Waals surface area contributed by atoms with Crippen LogP contribution in [0.4, 0.5) is 0 Å². The number of methoxy groups -OCH3 is 1. The van der Waals surface area contributed by atoms with Crippen LogP contribution in [0.5, 0.6) is 0 Å². The Kier molecular flexibility index (Phi) is 28.8. The van der Waals surface area contributed by atoms with Crippen molar-refractivity contribution in [3.8, 4) is 0 Å². The molecular weight excluding hydrogens is 872 g/mol. The summed E-state index contributed by atoms with van der Waals surface area (Å²) >= 11 is 0. The maximum atomic E-state index is 12.8. The molecule has 20 nitrogen and oxygen atoms in total. The van der Waals surface area contributed by atoms with Crippen molar-refractivity contribution in [2.45, 2.75) is 213 Å². The van der Waals surface area contributed by atoms with Gasteiger partial charge in [0.25, 0.3) is 0 Å². The molecule has 66 heavy (non-hydrogen) atoms. The van der Waals surface area contributed by atoms with Crippen LogP contribution in [0.3, 0.4) is 0 Å². The standard InChI is InChI=1S/C46H76O20/c1-10-11-12-13-14-15-16-17-18-19-20-21-22-23-24-55-25-36(54-9)26-58-45-43(62-34(7)52)42(61-33(6)51)40(38(64-45)28-57-30(3)48)66-46-44(63-35(8)53)41(60-32(5)50)39(59-31(4)49)37(65-46)27-56-29(2)47/h36-46H,10-28H2,1-9H3/t36-,37-,38-,39+,40-,41+,42+,43-,44-,45-,46+/m1/s1. The second kappa shape index (κ2) is 32.7. The van der Waals surface area contributed by atoms with E-state index in [9.17, 15) is 33.6 Å². The quantitative estimate of drug-likeness (QED) is 0.0482. The minimum absolute atomic E-state index is 0.152. The molecular formula is C46H76O20. The smallest absolute Gasteiger partial charge is 0.303 e. The van der Waals surface area contributed by atoms with E-state index >= 15 is 0 Å². The maximum Gasteiger partial charge on any atom is 0.303 e. The molecule has 2 aliphatic rings. The Morgan fingerprint density at radius 3 is 1.26 bits per heavy atom. The largest absolute Gasteiger partial charge is 0.463 e. The van der Waals surface area contributed by atoms with E-state index in [1.165, 1.54) is 77.7 Å². The number of esters is 7. The van der Waals surface area contributed by atoms with Crippen LogP contribution in [0.15, 0.2) is 0 Å². The summed E-state index contributed by atoms with van der Waals surface area (Å²) in [6, 6.07) is 0. The number of unbranched alkanes of at least 4 members (excludes halogenated alkanes) is 13. The highest BCUT2D eigenvalue weighted by atomic mass is 16.8. The van der Waals surface area contributed by atoms with Gasteiger partial charge in [-0.15, -0.1) is 0 Å². The summed E-state index contributed by atoms with van der Waals surface area (Å²) in [7, 11) is 1.47. The van der Waals surface area contributed by atoms with Gasteiger partial charge in [-0.3, -0.25) is 33.6 Å². The first-order chi connectivity index (χ1) is 31.5. The third-order valence-electron chi connectivity index (χ3n) is 10.6. The summed E-state index contributed by atoms with van der Waals surface area (Å²) in [6.07, 6.45) is 1.04. The zero-order chi connectivity index (χ0) is 49.0. The van der Waals surface area contributed by atoms with Gasteiger partial charge < -0.3 is 61.6 Å². The minimum atomic E-state index is -1.80. The highest BCUT2D eigenvalue weighted by molar-refractivity contribution is 5.69.